The Kier molecular flexibility index (Phi) is 6.58. The zero-order valence-electron chi connectivity index (χ0n) is 19.0. The van der Waals surface area contributed by atoms with Crippen molar-refractivity contribution >= 4 is 39.9 Å². The minimum Gasteiger partial charge on any atom is -0.497 e. The molecule has 0 aliphatic heterocycles. The van der Waals surface area contributed by atoms with E-state index >= 15 is 0 Å². The van der Waals surface area contributed by atoms with Crippen molar-refractivity contribution in [3.05, 3.63) is 87.7 Å². The van der Waals surface area contributed by atoms with Crippen molar-refractivity contribution in [2.24, 2.45) is 0 Å². The molecule has 1 aliphatic carbocycles. The quantitative estimate of drug-likeness (QED) is 0.230. The molecule has 172 valence electrons. The lowest BCUT2D eigenvalue weighted by molar-refractivity contribution is 0.0451. The monoisotopic (exact) mass is 471 g/mol. The Balaban J connectivity index is 1.39. The summed E-state index contributed by atoms with van der Waals surface area (Å²) in [4.78, 5) is 19.5. The SMILES string of the molecule is COc1ccc(OCCOC(=O)c2c3c(nc4ccccc24)C(=Cc2cccs2)CCC3)cc1. The maximum atomic E-state index is 13.3. The van der Waals surface area contributed by atoms with Crippen LogP contribution in [-0.2, 0) is 11.2 Å². The number of rotatable bonds is 7. The molecule has 0 spiro atoms. The molecule has 34 heavy (non-hydrogen) atoms. The standard InChI is InChI=1S/C28H25NO4S/c1-31-20-11-13-21(14-12-20)32-15-16-33-28(30)26-23-8-2-3-10-25(23)29-27-19(6-4-9-24(26)27)18-22-7-5-17-34-22/h2-3,5,7-8,10-14,17-18H,4,6,9,15-16H2,1H3. The van der Waals surface area contributed by atoms with Crippen molar-refractivity contribution < 1.29 is 19.0 Å². The Morgan fingerprint density at radius 3 is 2.62 bits per heavy atom. The maximum Gasteiger partial charge on any atom is 0.339 e. The molecule has 0 atom stereocenters. The highest BCUT2D eigenvalue weighted by molar-refractivity contribution is 7.10. The minimum absolute atomic E-state index is 0.161. The van der Waals surface area contributed by atoms with E-state index in [1.165, 1.54) is 10.5 Å². The fourth-order valence-electron chi connectivity index (χ4n) is 4.29. The molecule has 1 aliphatic rings. The van der Waals surface area contributed by atoms with E-state index in [1.54, 1.807) is 18.4 Å². The molecular weight excluding hydrogens is 446 g/mol. The van der Waals surface area contributed by atoms with Gasteiger partial charge in [-0.3, -0.25) is 0 Å². The van der Waals surface area contributed by atoms with Gasteiger partial charge in [-0.1, -0.05) is 24.3 Å². The second-order valence-corrected chi connectivity index (χ2v) is 9.01. The number of fused-ring (bicyclic) bond motifs is 2. The van der Waals surface area contributed by atoms with Crippen LogP contribution in [0.1, 0.15) is 39.3 Å². The Bertz CT molecular complexity index is 1330. The second-order valence-electron chi connectivity index (χ2n) is 8.03. The lowest BCUT2D eigenvalue weighted by Gasteiger charge is -2.22. The van der Waals surface area contributed by atoms with E-state index < -0.39 is 0 Å². The first-order chi connectivity index (χ1) is 16.7. The van der Waals surface area contributed by atoms with Gasteiger partial charge in [0.2, 0.25) is 0 Å². The Labute approximate surface area is 202 Å². The number of esters is 1. The molecule has 2 aromatic carbocycles. The van der Waals surface area contributed by atoms with Crippen LogP contribution < -0.4 is 9.47 Å². The lowest BCUT2D eigenvalue weighted by Crippen LogP contribution is -2.17. The van der Waals surface area contributed by atoms with Crippen LogP contribution in [0.4, 0.5) is 0 Å². The zero-order valence-corrected chi connectivity index (χ0v) is 19.8. The van der Waals surface area contributed by atoms with Gasteiger partial charge in [-0.15, -0.1) is 11.3 Å². The molecule has 0 fully saturated rings. The topological polar surface area (TPSA) is 57.7 Å². The van der Waals surface area contributed by atoms with Crippen molar-refractivity contribution in [3.63, 3.8) is 0 Å². The lowest BCUT2D eigenvalue weighted by atomic mass is 9.86. The predicted molar refractivity (Wildman–Crippen MR) is 136 cm³/mol. The number of thiophene rings is 1. The van der Waals surface area contributed by atoms with Crippen molar-refractivity contribution in [2.75, 3.05) is 20.3 Å². The van der Waals surface area contributed by atoms with E-state index in [0.29, 0.717) is 11.3 Å². The van der Waals surface area contributed by atoms with Gasteiger partial charge in [0.1, 0.15) is 24.7 Å². The van der Waals surface area contributed by atoms with Crippen LogP contribution in [0, 0.1) is 0 Å². The molecule has 5 rings (SSSR count). The Morgan fingerprint density at radius 2 is 1.82 bits per heavy atom. The van der Waals surface area contributed by atoms with Gasteiger partial charge in [0.05, 0.1) is 23.9 Å². The third kappa shape index (κ3) is 4.68. The molecule has 0 unspecified atom stereocenters. The van der Waals surface area contributed by atoms with Gasteiger partial charge in [0, 0.05) is 10.3 Å². The number of carbonyl (C=O) groups is 1. The first-order valence-electron chi connectivity index (χ1n) is 11.3. The number of para-hydroxylation sites is 1. The van der Waals surface area contributed by atoms with Crippen LogP contribution in [0.25, 0.3) is 22.6 Å². The molecule has 0 amide bonds. The van der Waals surface area contributed by atoms with Crippen molar-refractivity contribution in [1.29, 1.82) is 0 Å². The third-order valence-corrected chi connectivity index (χ3v) is 6.70. The van der Waals surface area contributed by atoms with Crippen LogP contribution in [-0.4, -0.2) is 31.3 Å². The fraction of sp³-hybridized carbons (Fsp3) is 0.214. The van der Waals surface area contributed by atoms with Crippen LogP contribution in [0.3, 0.4) is 0 Å². The number of methoxy groups -OCH3 is 1. The van der Waals surface area contributed by atoms with Crippen molar-refractivity contribution in [3.8, 4) is 11.5 Å². The molecule has 0 radical (unpaired) electrons. The van der Waals surface area contributed by atoms with Gasteiger partial charge in [0.15, 0.2) is 0 Å². The molecule has 2 heterocycles. The van der Waals surface area contributed by atoms with Crippen LogP contribution in [0.15, 0.2) is 66.0 Å². The summed E-state index contributed by atoms with van der Waals surface area (Å²) >= 11 is 1.70. The van der Waals surface area contributed by atoms with Gasteiger partial charge in [0.25, 0.3) is 0 Å². The molecule has 0 bridgehead atoms. The molecule has 0 saturated carbocycles. The minimum atomic E-state index is -0.328. The first-order valence-corrected chi connectivity index (χ1v) is 12.2. The van der Waals surface area contributed by atoms with Crippen LogP contribution >= 0.6 is 11.3 Å². The molecule has 0 saturated heterocycles. The number of nitrogens with zero attached hydrogens (tertiary/aromatic N) is 1. The molecule has 6 heteroatoms. The second kappa shape index (κ2) is 10.1. The van der Waals surface area contributed by atoms with Gasteiger partial charge >= 0.3 is 5.97 Å². The number of ether oxygens (including phenoxy) is 3. The number of hydrogen-bond acceptors (Lipinski definition) is 6. The first kappa shape index (κ1) is 22.2. The maximum absolute atomic E-state index is 13.3. The van der Waals surface area contributed by atoms with E-state index in [-0.39, 0.29) is 19.2 Å². The van der Waals surface area contributed by atoms with E-state index in [1.807, 2.05) is 54.6 Å². The summed E-state index contributed by atoms with van der Waals surface area (Å²) in [6.07, 6.45) is 4.93. The smallest absolute Gasteiger partial charge is 0.339 e. The number of carbonyl (C=O) groups excluding carboxylic acids is 1. The largest absolute Gasteiger partial charge is 0.497 e. The van der Waals surface area contributed by atoms with Gasteiger partial charge in [-0.25, -0.2) is 9.78 Å². The van der Waals surface area contributed by atoms with Crippen LogP contribution in [0.5, 0.6) is 11.5 Å². The summed E-state index contributed by atoms with van der Waals surface area (Å²) in [5, 5.41) is 2.90. The van der Waals surface area contributed by atoms with E-state index in [4.69, 9.17) is 19.2 Å². The number of allylic oxidation sites excluding steroid dienone is 1. The average Bonchev–Trinajstić information content (AvgIpc) is 3.39. The number of benzene rings is 2. The summed E-state index contributed by atoms with van der Waals surface area (Å²) in [5.41, 5.74) is 4.50. The molecule has 2 aromatic heterocycles. The normalized spacial score (nSPS) is 14.1. The molecular formula is C28H25NO4S. The third-order valence-electron chi connectivity index (χ3n) is 5.88. The Hall–Kier alpha value is -3.64. The van der Waals surface area contributed by atoms with E-state index in [0.717, 1.165) is 47.2 Å². The highest BCUT2D eigenvalue weighted by Crippen LogP contribution is 2.36. The van der Waals surface area contributed by atoms with Crippen molar-refractivity contribution in [2.45, 2.75) is 19.3 Å². The number of hydrogen-bond donors (Lipinski definition) is 0. The summed E-state index contributed by atoms with van der Waals surface area (Å²) in [6.45, 7) is 0.432. The number of pyridine rings is 1. The summed E-state index contributed by atoms with van der Waals surface area (Å²) in [6, 6.07) is 19.3. The van der Waals surface area contributed by atoms with Crippen molar-refractivity contribution in [1.82, 2.24) is 4.98 Å². The van der Waals surface area contributed by atoms with Gasteiger partial charge in [-0.2, -0.15) is 0 Å². The Morgan fingerprint density at radius 1 is 1.00 bits per heavy atom. The number of aromatic nitrogens is 1. The molecule has 0 N–H and O–H groups in total. The van der Waals surface area contributed by atoms with E-state index in [9.17, 15) is 4.79 Å². The molecule has 4 aromatic rings. The predicted octanol–water partition coefficient (Wildman–Crippen LogP) is 6.42. The summed E-state index contributed by atoms with van der Waals surface area (Å²) in [7, 11) is 1.62. The highest BCUT2D eigenvalue weighted by Gasteiger charge is 2.26. The average molecular weight is 472 g/mol. The molecule has 5 nitrogen and oxygen atoms in total. The summed E-state index contributed by atoms with van der Waals surface area (Å²) < 4.78 is 16.5. The summed E-state index contributed by atoms with van der Waals surface area (Å²) in [5.74, 6) is 1.14. The van der Waals surface area contributed by atoms with E-state index in [2.05, 4.69) is 17.5 Å². The van der Waals surface area contributed by atoms with Crippen LogP contribution in [0.2, 0.25) is 0 Å². The van der Waals surface area contributed by atoms with Gasteiger partial charge < -0.3 is 14.2 Å². The zero-order chi connectivity index (χ0) is 23.3. The van der Waals surface area contributed by atoms with Gasteiger partial charge in [-0.05, 0) is 78.3 Å². The fourth-order valence-corrected chi connectivity index (χ4v) is 4.97. The highest BCUT2D eigenvalue weighted by atomic mass is 32.1.